The molecule has 0 aliphatic carbocycles. The van der Waals surface area contributed by atoms with Gasteiger partial charge in [0.05, 0.1) is 0 Å². The molecule has 2 aliphatic heterocycles. The van der Waals surface area contributed by atoms with Crippen LogP contribution in [0.25, 0.3) is 0 Å². The van der Waals surface area contributed by atoms with Crippen molar-refractivity contribution in [1.82, 2.24) is 14.7 Å². The van der Waals surface area contributed by atoms with Crippen LogP contribution in [0.15, 0.2) is 0 Å². The van der Waals surface area contributed by atoms with E-state index in [1.54, 1.807) is 21.3 Å². The van der Waals surface area contributed by atoms with Gasteiger partial charge in [-0.25, -0.2) is 0 Å². The molecule has 0 spiro atoms. The average Bonchev–Trinajstić information content (AvgIpc) is 3.26. The highest BCUT2D eigenvalue weighted by molar-refractivity contribution is 6.60. The van der Waals surface area contributed by atoms with E-state index in [2.05, 4.69) is 14.7 Å². The lowest BCUT2D eigenvalue weighted by molar-refractivity contribution is 0.120. The Morgan fingerprint density at radius 1 is 0.536 bits per heavy atom. The topological polar surface area (TPSA) is 37.4 Å². The number of hydrogen-bond acceptors (Lipinski definition) is 6. The van der Waals surface area contributed by atoms with E-state index >= 15 is 0 Å². The summed E-state index contributed by atoms with van der Waals surface area (Å²) < 4.78 is 16.4. The Hall–Kier alpha value is -0.0231. The quantitative estimate of drug-likeness (QED) is 0.302. The van der Waals surface area contributed by atoms with Gasteiger partial charge in [-0.05, 0) is 45.3 Å². The summed E-state index contributed by atoms with van der Waals surface area (Å²) in [6, 6.07) is 0.929. The number of nitrogens with zero attached hydrogens (tertiary/aromatic N) is 3. The van der Waals surface area contributed by atoms with Crippen molar-refractivity contribution < 1.29 is 13.3 Å². The molecule has 0 aromatic carbocycles. The van der Waals surface area contributed by atoms with Gasteiger partial charge in [-0.3, -0.25) is 4.90 Å². The smallest absolute Gasteiger partial charge is 0.377 e. The lowest BCUT2D eigenvalue weighted by Crippen LogP contribution is -2.48. The summed E-state index contributed by atoms with van der Waals surface area (Å²) >= 11 is 0. The molecule has 0 bridgehead atoms. The van der Waals surface area contributed by atoms with E-state index in [0.29, 0.717) is 0 Å². The standard InChI is InChI=1S/C21H45N3O3Si/c1-25-28(26-2,27-3)21-11-7-5-4-6-8-12-23-16-19-24(20-17-23)18-15-22-13-9-10-14-22/h4-21H2,1-3H3. The van der Waals surface area contributed by atoms with Crippen molar-refractivity contribution in [2.45, 2.75) is 57.4 Å². The molecule has 28 heavy (non-hydrogen) atoms. The van der Waals surface area contributed by atoms with E-state index in [1.165, 1.54) is 104 Å². The Labute approximate surface area is 174 Å². The van der Waals surface area contributed by atoms with Gasteiger partial charge in [0.2, 0.25) is 0 Å². The molecular weight excluding hydrogens is 370 g/mol. The monoisotopic (exact) mass is 415 g/mol. The fourth-order valence-corrected chi connectivity index (χ4v) is 6.26. The van der Waals surface area contributed by atoms with Crippen LogP contribution >= 0.6 is 0 Å². The number of rotatable bonds is 15. The zero-order valence-corrected chi connectivity index (χ0v) is 19.8. The van der Waals surface area contributed by atoms with Crippen LogP contribution in [-0.4, -0.2) is 104 Å². The van der Waals surface area contributed by atoms with Crippen molar-refractivity contribution in [2.75, 3.05) is 80.2 Å². The third-order valence-corrected chi connectivity index (χ3v) is 9.37. The van der Waals surface area contributed by atoms with Gasteiger partial charge in [-0.2, -0.15) is 0 Å². The van der Waals surface area contributed by atoms with E-state index in [9.17, 15) is 0 Å². The molecule has 166 valence electrons. The second kappa shape index (κ2) is 14.1. The van der Waals surface area contributed by atoms with Gasteiger partial charge in [-0.1, -0.05) is 25.7 Å². The summed E-state index contributed by atoms with van der Waals surface area (Å²) in [4.78, 5) is 7.97. The van der Waals surface area contributed by atoms with Gasteiger partial charge < -0.3 is 23.1 Å². The van der Waals surface area contributed by atoms with Crippen molar-refractivity contribution >= 4 is 8.80 Å². The van der Waals surface area contributed by atoms with Crippen molar-refractivity contribution in [1.29, 1.82) is 0 Å². The molecule has 6 nitrogen and oxygen atoms in total. The summed E-state index contributed by atoms with van der Waals surface area (Å²) in [5.41, 5.74) is 0. The normalized spacial score (nSPS) is 20.2. The molecule has 0 N–H and O–H groups in total. The lowest BCUT2D eigenvalue weighted by atomic mass is 10.1. The van der Waals surface area contributed by atoms with Gasteiger partial charge >= 0.3 is 8.80 Å². The van der Waals surface area contributed by atoms with Crippen LogP contribution in [0.5, 0.6) is 0 Å². The molecule has 0 aromatic heterocycles. The molecule has 0 atom stereocenters. The summed E-state index contributed by atoms with van der Waals surface area (Å²) in [6.45, 7) is 11.5. The van der Waals surface area contributed by atoms with Crippen molar-refractivity contribution in [3.63, 3.8) is 0 Å². The fraction of sp³-hybridized carbons (Fsp3) is 1.00. The van der Waals surface area contributed by atoms with E-state index in [4.69, 9.17) is 13.3 Å². The summed E-state index contributed by atoms with van der Waals surface area (Å²) in [7, 11) is 2.75. The van der Waals surface area contributed by atoms with Gasteiger partial charge in [0.1, 0.15) is 0 Å². The first-order valence-electron chi connectivity index (χ1n) is 11.5. The van der Waals surface area contributed by atoms with Crippen molar-refractivity contribution in [3.8, 4) is 0 Å². The van der Waals surface area contributed by atoms with Crippen molar-refractivity contribution in [3.05, 3.63) is 0 Å². The van der Waals surface area contributed by atoms with Gasteiger partial charge in [0, 0.05) is 66.6 Å². The largest absolute Gasteiger partial charge is 0.500 e. The molecule has 0 radical (unpaired) electrons. The predicted molar refractivity (Wildman–Crippen MR) is 118 cm³/mol. The van der Waals surface area contributed by atoms with Crippen molar-refractivity contribution in [2.24, 2.45) is 0 Å². The van der Waals surface area contributed by atoms with Crippen LogP contribution in [-0.2, 0) is 13.3 Å². The first kappa shape index (κ1) is 24.2. The average molecular weight is 416 g/mol. The maximum Gasteiger partial charge on any atom is 0.500 e. The van der Waals surface area contributed by atoms with Gasteiger partial charge in [0.25, 0.3) is 0 Å². The highest BCUT2D eigenvalue weighted by Gasteiger charge is 2.36. The van der Waals surface area contributed by atoms with E-state index in [0.717, 1.165) is 12.5 Å². The van der Waals surface area contributed by atoms with Crippen LogP contribution in [0.3, 0.4) is 0 Å². The van der Waals surface area contributed by atoms with Gasteiger partial charge in [-0.15, -0.1) is 0 Å². The highest BCUT2D eigenvalue weighted by Crippen LogP contribution is 2.18. The lowest BCUT2D eigenvalue weighted by Gasteiger charge is -2.35. The van der Waals surface area contributed by atoms with Gasteiger partial charge in [0.15, 0.2) is 0 Å². The first-order chi connectivity index (χ1) is 13.7. The van der Waals surface area contributed by atoms with Crippen LogP contribution in [0.2, 0.25) is 6.04 Å². The minimum Gasteiger partial charge on any atom is -0.377 e. The minimum absolute atomic E-state index is 0.929. The zero-order chi connectivity index (χ0) is 20.1. The van der Waals surface area contributed by atoms with Crippen LogP contribution in [0.4, 0.5) is 0 Å². The summed E-state index contributed by atoms with van der Waals surface area (Å²) in [5, 5.41) is 0. The Balaban J connectivity index is 1.40. The molecule has 2 fully saturated rings. The molecule has 0 unspecified atom stereocenters. The SMILES string of the molecule is CO[Si](CCCCCCCCN1CCN(CCN2CCCC2)CC1)(OC)OC. The molecule has 2 rings (SSSR count). The molecule has 2 aliphatic rings. The first-order valence-corrected chi connectivity index (χ1v) is 13.5. The molecule has 0 aromatic rings. The fourth-order valence-electron chi connectivity index (χ4n) is 4.47. The van der Waals surface area contributed by atoms with Crippen LogP contribution in [0, 0.1) is 0 Å². The van der Waals surface area contributed by atoms with E-state index < -0.39 is 8.80 Å². The third-order valence-electron chi connectivity index (χ3n) is 6.54. The Bertz CT molecular complexity index is 377. The summed E-state index contributed by atoms with van der Waals surface area (Å²) in [6.07, 6.45) is 10.6. The Morgan fingerprint density at radius 2 is 0.964 bits per heavy atom. The summed E-state index contributed by atoms with van der Waals surface area (Å²) in [5.74, 6) is 0. The zero-order valence-electron chi connectivity index (χ0n) is 18.8. The molecule has 2 heterocycles. The third kappa shape index (κ3) is 8.77. The van der Waals surface area contributed by atoms with Crippen LogP contribution < -0.4 is 0 Å². The van der Waals surface area contributed by atoms with E-state index in [1.807, 2.05) is 0 Å². The Morgan fingerprint density at radius 3 is 1.50 bits per heavy atom. The molecule has 0 amide bonds. The molecule has 7 heteroatoms. The maximum atomic E-state index is 5.48. The molecular formula is C21H45N3O3Si. The number of piperazine rings is 1. The number of likely N-dealkylation sites (tertiary alicyclic amines) is 1. The highest BCUT2D eigenvalue weighted by atomic mass is 28.4. The molecule has 2 saturated heterocycles. The predicted octanol–water partition coefficient (Wildman–Crippen LogP) is 2.92. The maximum absolute atomic E-state index is 5.48. The minimum atomic E-state index is -2.35. The van der Waals surface area contributed by atoms with Crippen LogP contribution in [0.1, 0.15) is 51.4 Å². The van der Waals surface area contributed by atoms with E-state index in [-0.39, 0.29) is 0 Å². The Kier molecular flexibility index (Phi) is 12.2. The second-order valence-electron chi connectivity index (χ2n) is 8.40. The molecule has 0 saturated carbocycles. The second-order valence-corrected chi connectivity index (χ2v) is 11.5. The number of unbranched alkanes of at least 4 members (excludes halogenated alkanes) is 5. The number of hydrogen-bond donors (Lipinski definition) is 0.